The van der Waals surface area contributed by atoms with Crippen molar-refractivity contribution in [3.8, 4) is 0 Å². The van der Waals surface area contributed by atoms with Crippen molar-refractivity contribution in [2.75, 3.05) is 15.5 Å². The summed E-state index contributed by atoms with van der Waals surface area (Å²) in [6, 6.07) is 11.2. The number of rotatable bonds is 6. The van der Waals surface area contributed by atoms with Gasteiger partial charge in [-0.3, -0.25) is 9.59 Å². The fourth-order valence-electron chi connectivity index (χ4n) is 5.16. The first-order valence-corrected chi connectivity index (χ1v) is 16.3. The molecular weight excluding hydrogens is 731 g/mol. The van der Waals surface area contributed by atoms with Crippen LogP contribution in [-0.2, 0) is 14.9 Å². The van der Waals surface area contributed by atoms with Gasteiger partial charge in [0.15, 0.2) is 5.82 Å². The molecule has 48 heavy (non-hydrogen) atoms. The number of ether oxygens (including phenoxy) is 1. The molecule has 0 heterocycles. The van der Waals surface area contributed by atoms with Gasteiger partial charge in [0.25, 0.3) is 5.91 Å². The first-order chi connectivity index (χ1) is 22.0. The summed E-state index contributed by atoms with van der Waals surface area (Å²) in [6.07, 6.45) is -2.91. The number of carboxylic acid groups (broad SMARTS) is 1. The van der Waals surface area contributed by atoms with Crippen molar-refractivity contribution >= 4 is 99.1 Å². The number of anilines is 3. The van der Waals surface area contributed by atoms with Gasteiger partial charge in [-0.2, -0.15) is 4.90 Å². The van der Waals surface area contributed by atoms with Crippen LogP contribution in [0.4, 0.5) is 31.0 Å². The van der Waals surface area contributed by atoms with Gasteiger partial charge >= 0.3 is 12.2 Å². The lowest BCUT2D eigenvalue weighted by atomic mass is 9.84. The van der Waals surface area contributed by atoms with Crippen molar-refractivity contribution in [2.45, 2.75) is 62.8 Å². The Hall–Kier alpha value is -3.28. The number of carbonyl (C=O) groups is 4. The van der Waals surface area contributed by atoms with E-state index in [-0.39, 0.29) is 33.2 Å². The van der Waals surface area contributed by atoms with Crippen molar-refractivity contribution in [3.63, 3.8) is 0 Å². The SMILES string of the molecule is CC(C)(C)OC(=O)N(C(=O)O)c1ccc(NC(=O)c2cc(NC(=O)[C@H]3[C@H](c4cc(Cl)cc(Cl)c4)C3(Cl)Cl)ccc2Cl)c(F)c1C(C)(C)C. The van der Waals surface area contributed by atoms with Gasteiger partial charge in [-0.15, -0.1) is 23.2 Å². The largest absolute Gasteiger partial charge is 0.464 e. The van der Waals surface area contributed by atoms with Crippen molar-refractivity contribution in [3.05, 3.63) is 86.1 Å². The normalized spacial score (nSPS) is 16.9. The van der Waals surface area contributed by atoms with E-state index in [2.05, 4.69) is 10.6 Å². The smallest absolute Gasteiger partial charge is 0.424 e. The Bertz CT molecular complexity index is 1800. The van der Waals surface area contributed by atoms with Crippen LogP contribution in [0.1, 0.15) is 68.9 Å². The number of nitrogens with zero attached hydrogens (tertiary/aromatic N) is 1. The molecule has 0 aromatic heterocycles. The van der Waals surface area contributed by atoms with E-state index in [0.29, 0.717) is 20.5 Å². The van der Waals surface area contributed by atoms with Gasteiger partial charge in [0.2, 0.25) is 5.91 Å². The minimum Gasteiger partial charge on any atom is -0.464 e. The summed E-state index contributed by atoms with van der Waals surface area (Å²) in [5.74, 6) is -3.85. The molecule has 2 atom stereocenters. The zero-order valence-corrected chi connectivity index (χ0v) is 30.3. The topological polar surface area (TPSA) is 125 Å². The summed E-state index contributed by atoms with van der Waals surface area (Å²) in [4.78, 5) is 52.0. The molecule has 256 valence electrons. The Kier molecular flexibility index (Phi) is 10.6. The van der Waals surface area contributed by atoms with E-state index in [1.807, 2.05) is 0 Å². The molecule has 3 N–H and O–H groups in total. The van der Waals surface area contributed by atoms with Crippen LogP contribution in [0, 0.1) is 11.7 Å². The van der Waals surface area contributed by atoms with Gasteiger partial charge in [0.1, 0.15) is 9.93 Å². The molecule has 0 spiro atoms. The van der Waals surface area contributed by atoms with Crippen LogP contribution in [0.2, 0.25) is 15.1 Å². The summed E-state index contributed by atoms with van der Waals surface area (Å²) < 4.78 is 20.0. The quantitative estimate of drug-likeness (QED) is 0.215. The monoisotopic (exact) mass is 759 g/mol. The van der Waals surface area contributed by atoms with Gasteiger partial charge in [0, 0.05) is 27.2 Å². The van der Waals surface area contributed by atoms with Crippen LogP contribution in [0.15, 0.2) is 48.5 Å². The van der Waals surface area contributed by atoms with Gasteiger partial charge in [0.05, 0.1) is 27.9 Å². The molecule has 3 aromatic rings. The minimum atomic E-state index is -1.69. The van der Waals surface area contributed by atoms with Crippen LogP contribution in [0.25, 0.3) is 0 Å². The number of hydrogen-bond donors (Lipinski definition) is 3. The molecule has 1 saturated carbocycles. The van der Waals surface area contributed by atoms with E-state index in [4.69, 9.17) is 62.7 Å². The van der Waals surface area contributed by atoms with Crippen molar-refractivity contribution in [1.82, 2.24) is 0 Å². The van der Waals surface area contributed by atoms with E-state index >= 15 is 4.39 Å². The molecule has 9 nitrogen and oxygen atoms in total. The van der Waals surface area contributed by atoms with Crippen LogP contribution < -0.4 is 15.5 Å². The predicted molar refractivity (Wildman–Crippen MR) is 187 cm³/mol. The molecule has 1 fully saturated rings. The highest BCUT2D eigenvalue weighted by Crippen LogP contribution is 2.65. The number of benzene rings is 3. The molecule has 0 unspecified atom stereocenters. The van der Waals surface area contributed by atoms with E-state index in [0.717, 1.165) is 6.07 Å². The van der Waals surface area contributed by atoms with Crippen molar-refractivity contribution in [1.29, 1.82) is 0 Å². The second-order valence-electron chi connectivity index (χ2n) is 13.1. The minimum absolute atomic E-state index is 0.0116. The molecule has 4 rings (SSSR count). The Balaban J connectivity index is 1.61. The number of alkyl halides is 2. The molecule has 15 heteroatoms. The van der Waals surface area contributed by atoms with Crippen LogP contribution in [-0.4, -0.2) is 39.0 Å². The zero-order chi connectivity index (χ0) is 36.1. The maximum absolute atomic E-state index is 16.2. The molecule has 1 aliphatic rings. The standard InChI is InChI=1S/C33H31Cl5FN3O6/c1-31(2,3)24-22(42(29(45)46)30(47)48-32(4,5)6)10-9-21(26(24)39)41-27(43)19-14-18(7-8-20(19)36)40-28(44)25-23(33(25,37)38)15-11-16(34)13-17(35)12-15/h7-14,23,25H,1-6H3,(H,40,44)(H,41,43)(H,45,46)/t23-,25+/m0/s1. The van der Waals surface area contributed by atoms with Crippen LogP contribution in [0.5, 0.6) is 0 Å². The van der Waals surface area contributed by atoms with E-state index in [1.54, 1.807) is 53.7 Å². The van der Waals surface area contributed by atoms with Crippen LogP contribution >= 0.6 is 58.0 Å². The summed E-state index contributed by atoms with van der Waals surface area (Å²) >= 11 is 31.5. The number of hydrogen-bond acceptors (Lipinski definition) is 5. The molecule has 0 bridgehead atoms. The average molecular weight is 762 g/mol. The summed E-state index contributed by atoms with van der Waals surface area (Å²) in [5.41, 5.74) is -2.22. The van der Waals surface area contributed by atoms with Crippen LogP contribution in [0.3, 0.4) is 0 Å². The fourth-order valence-corrected chi connectivity index (χ4v) is 6.73. The molecule has 0 aliphatic heterocycles. The van der Waals surface area contributed by atoms with Crippen molar-refractivity contribution < 1.29 is 33.4 Å². The summed E-state index contributed by atoms with van der Waals surface area (Å²) in [7, 11) is 0. The Labute approximate surface area is 301 Å². The lowest BCUT2D eigenvalue weighted by Crippen LogP contribution is -2.41. The first kappa shape index (κ1) is 37.5. The third-order valence-corrected chi connectivity index (χ3v) is 8.89. The molecule has 0 saturated heterocycles. The van der Waals surface area contributed by atoms with Gasteiger partial charge in [-0.05, 0) is 80.3 Å². The van der Waals surface area contributed by atoms with Crippen molar-refractivity contribution in [2.24, 2.45) is 5.92 Å². The van der Waals surface area contributed by atoms with Gasteiger partial charge in [-0.25, -0.2) is 14.0 Å². The number of amides is 4. The highest BCUT2D eigenvalue weighted by atomic mass is 35.5. The number of halogens is 6. The average Bonchev–Trinajstić information content (AvgIpc) is 3.50. The lowest BCUT2D eigenvalue weighted by Gasteiger charge is -2.30. The molecule has 4 amide bonds. The van der Waals surface area contributed by atoms with E-state index < -0.39 is 57.0 Å². The Morgan fingerprint density at radius 1 is 0.896 bits per heavy atom. The first-order valence-electron chi connectivity index (χ1n) is 14.4. The van der Waals surface area contributed by atoms with E-state index in [9.17, 15) is 24.3 Å². The molecule has 3 aromatic carbocycles. The second-order valence-corrected chi connectivity index (χ2v) is 15.9. The van der Waals surface area contributed by atoms with Gasteiger partial charge < -0.3 is 20.5 Å². The molecular formula is C33H31Cl5FN3O6. The summed E-state index contributed by atoms with van der Waals surface area (Å²) in [5, 5.41) is 15.7. The molecule has 0 radical (unpaired) electrons. The predicted octanol–water partition coefficient (Wildman–Crippen LogP) is 10.3. The molecule has 1 aliphatic carbocycles. The summed E-state index contributed by atoms with van der Waals surface area (Å²) in [6.45, 7) is 9.51. The van der Waals surface area contributed by atoms with Gasteiger partial charge in [-0.1, -0.05) is 55.6 Å². The highest BCUT2D eigenvalue weighted by Gasteiger charge is 2.67. The third-order valence-electron chi connectivity index (χ3n) is 7.18. The Morgan fingerprint density at radius 3 is 2.04 bits per heavy atom. The Morgan fingerprint density at radius 2 is 1.50 bits per heavy atom. The fraction of sp³-hybridized carbons (Fsp3) is 0.333. The zero-order valence-electron chi connectivity index (χ0n) is 26.5. The number of nitrogens with one attached hydrogen (secondary N) is 2. The highest BCUT2D eigenvalue weighted by molar-refractivity contribution is 6.53. The number of carbonyl (C=O) groups excluding carboxylic acids is 3. The maximum atomic E-state index is 16.2. The second kappa shape index (κ2) is 13.6. The lowest BCUT2D eigenvalue weighted by molar-refractivity contribution is -0.117. The third kappa shape index (κ3) is 8.12. The van der Waals surface area contributed by atoms with E-state index in [1.165, 1.54) is 30.3 Å². The maximum Gasteiger partial charge on any atom is 0.424 e. The number of imide groups is 1.